The van der Waals surface area contributed by atoms with Gasteiger partial charge in [0.25, 0.3) is 5.91 Å². The van der Waals surface area contributed by atoms with Gasteiger partial charge in [-0.15, -0.1) is 0 Å². The van der Waals surface area contributed by atoms with Gasteiger partial charge in [-0.1, -0.05) is 12.1 Å². The second-order valence-electron chi connectivity index (χ2n) is 5.50. The number of carbonyl (C=O) groups is 1. The highest BCUT2D eigenvalue weighted by atomic mass is 19.2. The molecule has 0 aliphatic heterocycles. The van der Waals surface area contributed by atoms with Gasteiger partial charge < -0.3 is 10.6 Å². The van der Waals surface area contributed by atoms with E-state index in [9.17, 15) is 18.0 Å². The van der Waals surface area contributed by atoms with E-state index in [2.05, 4.69) is 15.6 Å². The van der Waals surface area contributed by atoms with Crippen molar-refractivity contribution < 1.29 is 18.0 Å². The first-order chi connectivity index (χ1) is 12.5. The lowest BCUT2D eigenvalue weighted by Crippen LogP contribution is -2.13. The Morgan fingerprint density at radius 2 is 1.69 bits per heavy atom. The van der Waals surface area contributed by atoms with Crippen LogP contribution >= 0.6 is 0 Å². The van der Waals surface area contributed by atoms with Crippen molar-refractivity contribution in [1.82, 2.24) is 4.98 Å². The molecule has 0 saturated heterocycles. The van der Waals surface area contributed by atoms with Gasteiger partial charge in [0, 0.05) is 24.5 Å². The molecule has 0 unspecified atom stereocenters. The average Bonchev–Trinajstić information content (AvgIpc) is 2.65. The number of nitrogens with zero attached hydrogens (tertiary/aromatic N) is 1. The van der Waals surface area contributed by atoms with Gasteiger partial charge in [-0.25, -0.2) is 18.2 Å². The van der Waals surface area contributed by atoms with Gasteiger partial charge in [-0.3, -0.25) is 4.79 Å². The lowest BCUT2D eigenvalue weighted by molar-refractivity contribution is 0.102. The monoisotopic (exact) mass is 357 g/mol. The minimum atomic E-state index is -1.04. The number of carbonyl (C=O) groups excluding carboxylic acids is 1. The second-order valence-corrected chi connectivity index (χ2v) is 5.50. The largest absolute Gasteiger partial charge is 0.366 e. The standard InChI is InChI=1S/C19H14F3N3O/c20-14-4-1-12(2-5-14)10-23-18-8-3-13(11-24-18)19(26)25-15-6-7-16(21)17(22)9-15/h1-9,11H,10H2,(H,23,24)(H,25,26). The molecule has 0 spiro atoms. The van der Waals surface area contributed by atoms with Crippen LogP contribution in [0.3, 0.4) is 0 Å². The highest BCUT2D eigenvalue weighted by Gasteiger charge is 2.09. The Bertz CT molecular complexity index is 912. The molecule has 0 saturated carbocycles. The van der Waals surface area contributed by atoms with Crippen molar-refractivity contribution in [2.24, 2.45) is 0 Å². The summed E-state index contributed by atoms with van der Waals surface area (Å²) >= 11 is 0. The van der Waals surface area contributed by atoms with E-state index in [4.69, 9.17) is 0 Å². The van der Waals surface area contributed by atoms with Crippen molar-refractivity contribution in [3.8, 4) is 0 Å². The second kappa shape index (κ2) is 7.69. The molecule has 1 aromatic heterocycles. The molecule has 26 heavy (non-hydrogen) atoms. The maximum Gasteiger partial charge on any atom is 0.257 e. The number of hydrogen-bond donors (Lipinski definition) is 2. The number of benzene rings is 2. The fourth-order valence-corrected chi connectivity index (χ4v) is 2.20. The number of rotatable bonds is 5. The van der Waals surface area contributed by atoms with Crippen molar-refractivity contribution in [3.05, 3.63) is 89.4 Å². The van der Waals surface area contributed by atoms with Crippen LogP contribution in [0.1, 0.15) is 15.9 Å². The quantitative estimate of drug-likeness (QED) is 0.713. The molecule has 0 fully saturated rings. The van der Waals surface area contributed by atoms with Crippen LogP contribution in [0.15, 0.2) is 60.8 Å². The zero-order valence-corrected chi connectivity index (χ0v) is 13.5. The predicted octanol–water partition coefficient (Wildman–Crippen LogP) is 4.36. The van der Waals surface area contributed by atoms with Crippen molar-refractivity contribution in [2.45, 2.75) is 6.54 Å². The number of hydrogen-bond acceptors (Lipinski definition) is 3. The first kappa shape index (κ1) is 17.5. The molecule has 3 aromatic rings. The molecule has 0 radical (unpaired) electrons. The Labute approximate surface area is 147 Å². The minimum absolute atomic E-state index is 0.146. The zero-order valence-electron chi connectivity index (χ0n) is 13.5. The Balaban J connectivity index is 1.60. The molecular weight excluding hydrogens is 343 g/mol. The van der Waals surface area contributed by atoms with Crippen LogP contribution in [0, 0.1) is 17.5 Å². The van der Waals surface area contributed by atoms with Crippen molar-refractivity contribution >= 4 is 17.4 Å². The van der Waals surface area contributed by atoms with Crippen molar-refractivity contribution in [1.29, 1.82) is 0 Å². The van der Waals surface area contributed by atoms with E-state index < -0.39 is 17.5 Å². The lowest BCUT2D eigenvalue weighted by atomic mass is 10.2. The van der Waals surface area contributed by atoms with Gasteiger partial charge in [0.05, 0.1) is 5.56 Å². The van der Waals surface area contributed by atoms with Gasteiger partial charge >= 0.3 is 0 Å². The van der Waals surface area contributed by atoms with Gasteiger partial charge in [0.15, 0.2) is 11.6 Å². The molecule has 132 valence electrons. The molecule has 7 heteroatoms. The summed E-state index contributed by atoms with van der Waals surface area (Å²) in [5.74, 6) is -2.28. The van der Waals surface area contributed by atoms with Crippen LogP contribution in [0.2, 0.25) is 0 Å². The van der Waals surface area contributed by atoms with Crippen LogP contribution in [0.4, 0.5) is 24.7 Å². The third kappa shape index (κ3) is 4.38. The van der Waals surface area contributed by atoms with Crippen LogP contribution in [-0.4, -0.2) is 10.9 Å². The summed E-state index contributed by atoms with van der Waals surface area (Å²) in [7, 11) is 0. The molecule has 0 atom stereocenters. The molecule has 0 aliphatic rings. The predicted molar refractivity (Wildman–Crippen MR) is 92.3 cm³/mol. The summed E-state index contributed by atoms with van der Waals surface area (Å²) in [4.78, 5) is 16.2. The fraction of sp³-hybridized carbons (Fsp3) is 0.0526. The van der Waals surface area contributed by atoms with Crippen LogP contribution in [0.25, 0.3) is 0 Å². The molecule has 1 heterocycles. The Kier molecular flexibility index (Phi) is 5.17. The SMILES string of the molecule is O=C(Nc1ccc(F)c(F)c1)c1ccc(NCc2ccc(F)cc2)nc1. The topological polar surface area (TPSA) is 54.0 Å². The number of anilines is 2. The van der Waals surface area contributed by atoms with E-state index in [1.807, 2.05) is 0 Å². The van der Waals surface area contributed by atoms with Gasteiger partial charge in [-0.2, -0.15) is 0 Å². The molecule has 2 aromatic carbocycles. The summed E-state index contributed by atoms with van der Waals surface area (Å²) in [6.07, 6.45) is 1.36. The van der Waals surface area contributed by atoms with E-state index in [1.165, 1.54) is 24.4 Å². The summed E-state index contributed by atoms with van der Waals surface area (Å²) in [6, 6.07) is 12.3. The van der Waals surface area contributed by atoms with Crippen LogP contribution < -0.4 is 10.6 Å². The van der Waals surface area contributed by atoms with Crippen molar-refractivity contribution in [3.63, 3.8) is 0 Å². The van der Waals surface area contributed by atoms with Gasteiger partial charge in [0.1, 0.15) is 11.6 Å². The van der Waals surface area contributed by atoms with E-state index >= 15 is 0 Å². The lowest BCUT2D eigenvalue weighted by Gasteiger charge is -2.08. The molecular formula is C19H14F3N3O. The van der Waals surface area contributed by atoms with E-state index in [0.717, 1.165) is 17.7 Å². The number of halogens is 3. The summed E-state index contributed by atoms with van der Waals surface area (Å²) in [5.41, 5.74) is 1.29. The number of amides is 1. The molecule has 2 N–H and O–H groups in total. The number of aromatic nitrogens is 1. The Morgan fingerprint density at radius 1 is 0.923 bits per heavy atom. The number of nitrogens with one attached hydrogen (secondary N) is 2. The summed E-state index contributed by atoms with van der Waals surface area (Å²) in [5, 5.41) is 5.52. The average molecular weight is 357 g/mol. The Hall–Kier alpha value is -3.35. The smallest absolute Gasteiger partial charge is 0.257 e. The highest BCUT2D eigenvalue weighted by Crippen LogP contribution is 2.15. The first-order valence-corrected chi connectivity index (χ1v) is 7.72. The van der Waals surface area contributed by atoms with E-state index in [-0.39, 0.29) is 17.1 Å². The van der Waals surface area contributed by atoms with Crippen LogP contribution in [-0.2, 0) is 6.54 Å². The summed E-state index contributed by atoms with van der Waals surface area (Å²) in [6.45, 7) is 0.452. The molecule has 1 amide bonds. The third-order valence-corrected chi connectivity index (χ3v) is 3.59. The zero-order chi connectivity index (χ0) is 18.5. The number of pyridine rings is 1. The van der Waals surface area contributed by atoms with E-state index in [1.54, 1.807) is 24.3 Å². The molecule has 0 bridgehead atoms. The van der Waals surface area contributed by atoms with E-state index in [0.29, 0.717) is 12.4 Å². The van der Waals surface area contributed by atoms with Crippen LogP contribution in [0.5, 0.6) is 0 Å². The maximum absolute atomic E-state index is 13.2. The fourth-order valence-electron chi connectivity index (χ4n) is 2.20. The highest BCUT2D eigenvalue weighted by molar-refractivity contribution is 6.04. The van der Waals surface area contributed by atoms with Gasteiger partial charge in [-0.05, 0) is 42.0 Å². The molecule has 0 aliphatic carbocycles. The Morgan fingerprint density at radius 3 is 2.35 bits per heavy atom. The normalized spacial score (nSPS) is 10.4. The molecule has 3 rings (SSSR count). The first-order valence-electron chi connectivity index (χ1n) is 7.72. The summed E-state index contributed by atoms with van der Waals surface area (Å²) < 4.78 is 38.9. The maximum atomic E-state index is 13.2. The molecule has 4 nitrogen and oxygen atoms in total. The third-order valence-electron chi connectivity index (χ3n) is 3.59. The minimum Gasteiger partial charge on any atom is -0.366 e. The van der Waals surface area contributed by atoms with Crippen molar-refractivity contribution in [2.75, 3.05) is 10.6 Å². The van der Waals surface area contributed by atoms with Gasteiger partial charge in [0.2, 0.25) is 0 Å².